The predicted octanol–water partition coefficient (Wildman–Crippen LogP) is 6.03. The van der Waals surface area contributed by atoms with Gasteiger partial charge in [0.2, 0.25) is 0 Å². The molecule has 2 aromatic rings. The maximum Gasteiger partial charge on any atom is 0.126 e. The van der Waals surface area contributed by atoms with E-state index in [2.05, 4.69) is 47.6 Å². The molecule has 2 N–H and O–H groups in total. The monoisotopic (exact) mass is 376 g/mol. The third kappa shape index (κ3) is 7.05. The Morgan fingerprint density at radius 1 is 0.741 bits per heavy atom. The Morgan fingerprint density at radius 2 is 1.30 bits per heavy atom. The minimum absolute atomic E-state index is 0. The van der Waals surface area contributed by atoms with E-state index in [0.717, 1.165) is 16.9 Å². The highest BCUT2D eigenvalue weighted by Gasteiger charge is 2.25. The zero-order valence-electron chi connectivity index (χ0n) is 17.2. The van der Waals surface area contributed by atoms with Crippen LogP contribution in [0.15, 0.2) is 36.4 Å². The summed E-state index contributed by atoms with van der Waals surface area (Å²) in [6, 6.07) is 10.5. The standard InChI is InChI=1S/C15H24O2.C7H8O2.CH4/c1-14(2,3)10-8-11(15(4,5)6)13(17-7)9-12(10)16;1-9-7-4-2-3-6(8)5-7;/h8-9,16H,1-7H3;2-5,8H,1H3;1H4. The molecule has 0 amide bonds. The third-order valence-electron chi connectivity index (χ3n) is 3.99. The Balaban J connectivity index is 0.000000572. The molecule has 2 aromatic carbocycles. The van der Waals surface area contributed by atoms with Crippen LogP contribution in [0.3, 0.4) is 0 Å². The molecule has 0 unspecified atom stereocenters. The molecule has 4 nitrogen and oxygen atoms in total. The highest BCUT2D eigenvalue weighted by molar-refractivity contribution is 5.50. The van der Waals surface area contributed by atoms with E-state index in [9.17, 15) is 5.11 Å². The quantitative estimate of drug-likeness (QED) is 0.671. The van der Waals surface area contributed by atoms with Gasteiger partial charge in [-0.1, -0.05) is 55.0 Å². The summed E-state index contributed by atoms with van der Waals surface area (Å²) in [5.41, 5.74) is 2.01. The van der Waals surface area contributed by atoms with E-state index in [0.29, 0.717) is 11.5 Å². The second-order valence-electron chi connectivity index (χ2n) is 8.27. The fourth-order valence-electron chi connectivity index (χ4n) is 2.54. The molecule has 0 bridgehead atoms. The van der Waals surface area contributed by atoms with Crippen LogP contribution in [-0.2, 0) is 10.8 Å². The van der Waals surface area contributed by atoms with Crippen molar-refractivity contribution in [1.29, 1.82) is 0 Å². The van der Waals surface area contributed by atoms with Gasteiger partial charge < -0.3 is 19.7 Å². The summed E-state index contributed by atoms with van der Waals surface area (Å²) in [6.45, 7) is 12.7. The van der Waals surface area contributed by atoms with Crippen LogP contribution >= 0.6 is 0 Å². The van der Waals surface area contributed by atoms with Crippen molar-refractivity contribution in [3.05, 3.63) is 47.5 Å². The van der Waals surface area contributed by atoms with Crippen LogP contribution in [0.4, 0.5) is 0 Å². The lowest BCUT2D eigenvalue weighted by Gasteiger charge is -2.27. The average Bonchev–Trinajstić information content (AvgIpc) is 2.52. The molecule has 0 spiro atoms. The number of aromatic hydroxyl groups is 2. The summed E-state index contributed by atoms with van der Waals surface area (Å²) in [4.78, 5) is 0. The van der Waals surface area contributed by atoms with Gasteiger partial charge in [-0.25, -0.2) is 0 Å². The molecular formula is C23H36O4. The third-order valence-corrected chi connectivity index (χ3v) is 3.99. The van der Waals surface area contributed by atoms with Crippen molar-refractivity contribution in [2.24, 2.45) is 0 Å². The van der Waals surface area contributed by atoms with Gasteiger partial charge in [-0.3, -0.25) is 0 Å². The Bertz CT molecular complexity index is 722. The topological polar surface area (TPSA) is 58.9 Å². The molecule has 27 heavy (non-hydrogen) atoms. The van der Waals surface area contributed by atoms with Crippen molar-refractivity contribution in [3.63, 3.8) is 0 Å². The fraction of sp³-hybridized carbons (Fsp3) is 0.478. The van der Waals surface area contributed by atoms with Gasteiger partial charge in [0, 0.05) is 17.7 Å². The zero-order valence-corrected chi connectivity index (χ0v) is 17.2. The second-order valence-corrected chi connectivity index (χ2v) is 8.27. The van der Waals surface area contributed by atoms with Crippen molar-refractivity contribution in [1.82, 2.24) is 0 Å². The molecule has 0 aromatic heterocycles. The SMILES string of the molecule is C.COc1cc(O)c(C(C)(C)C)cc1C(C)(C)C.COc1cccc(O)c1. The molecule has 0 saturated carbocycles. The van der Waals surface area contributed by atoms with E-state index in [-0.39, 0.29) is 24.0 Å². The van der Waals surface area contributed by atoms with E-state index >= 15 is 0 Å². The summed E-state index contributed by atoms with van der Waals surface area (Å²) < 4.78 is 10.2. The lowest BCUT2D eigenvalue weighted by molar-refractivity contribution is 0.386. The van der Waals surface area contributed by atoms with Crippen LogP contribution in [0.2, 0.25) is 0 Å². The van der Waals surface area contributed by atoms with Crippen molar-refractivity contribution in [2.75, 3.05) is 14.2 Å². The zero-order chi connectivity index (χ0) is 20.1. The van der Waals surface area contributed by atoms with Gasteiger partial charge in [0.15, 0.2) is 0 Å². The molecule has 0 aliphatic heterocycles. The van der Waals surface area contributed by atoms with Gasteiger partial charge in [-0.05, 0) is 34.6 Å². The first-order valence-corrected chi connectivity index (χ1v) is 8.65. The van der Waals surface area contributed by atoms with Crippen LogP contribution in [0.1, 0.15) is 60.1 Å². The Morgan fingerprint density at radius 3 is 1.67 bits per heavy atom. The van der Waals surface area contributed by atoms with Crippen molar-refractivity contribution >= 4 is 0 Å². The first-order chi connectivity index (χ1) is 11.9. The lowest BCUT2D eigenvalue weighted by Crippen LogP contribution is -2.17. The number of hydrogen-bond donors (Lipinski definition) is 2. The summed E-state index contributed by atoms with van der Waals surface area (Å²) >= 11 is 0. The molecule has 4 heteroatoms. The minimum Gasteiger partial charge on any atom is -0.508 e. The normalized spacial score (nSPS) is 11.0. The van der Waals surface area contributed by atoms with Gasteiger partial charge in [-0.2, -0.15) is 0 Å². The maximum absolute atomic E-state index is 10.1. The molecule has 0 atom stereocenters. The Kier molecular flexibility index (Phi) is 8.71. The fourth-order valence-corrected chi connectivity index (χ4v) is 2.54. The number of ether oxygens (including phenoxy) is 2. The van der Waals surface area contributed by atoms with Crippen LogP contribution in [0.5, 0.6) is 23.0 Å². The highest BCUT2D eigenvalue weighted by atomic mass is 16.5. The number of benzene rings is 2. The van der Waals surface area contributed by atoms with Gasteiger partial charge in [0.05, 0.1) is 14.2 Å². The van der Waals surface area contributed by atoms with E-state index in [1.165, 1.54) is 0 Å². The smallest absolute Gasteiger partial charge is 0.126 e. The number of phenols is 2. The summed E-state index contributed by atoms with van der Waals surface area (Å²) in [5, 5.41) is 18.9. The Labute approximate surface area is 164 Å². The van der Waals surface area contributed by atoms with Crippen molar-refractivity contribution < 1.29 is 19.7 Å². The summed E-state index contributed by atoms with van der Waals surface area (Å²) in [6.07, 6.45) is 0. The van der Waals surface area contributed by atoms with Gasteiger partial charge in [-0.15, -0.1) is 0 Å². The number of rotatable bonds is 2. The molecule has 0 radical (unpaired) electrons. The van der Waals surface area contributed by atoms with Gasteiger partial charge in [0.1, 0.15) is 23.0 Å². The summed E-state index contributed by atoms with van der Waals surface area (Å²) in [5.74, 6) is 1.97. The van der Waals surface area contributed by atoms with Gasteiger partial charge >= 0.3 is 0 Å². The average molecular weight is 377 g/mol. The molecule has 152 valence electrons. The Hall–Kier alpha value is -2.36. The molecule has 0 fully saturated rings. The molecular weight excluding hydrogens is 340 g/mol. The van der Waals surface area contributed by atoms with Crippen LogP contribution in [-0.4, -0.2) is 24.4 Å². The first kappa shape index (κ1) is 24.6. The second kappa shape index (κ2) is 9.54. The van der Waals surface area contributed by atoms with E-state index in [1.807, 2.05) is 0 Å². The molecule has 0 saturated heterocycles. The molecule has 0 aliphatic carbocycles. The van der Waals surface area contributed by atoms with Crippen molar-refractivity contribution in [3.8, 4) is 23.0 Å². The van der Waals surface area contributed by atoms with Crippen LogP contribution < -0.4 is 9.47 Å². The highest BCUT2D eigenvalue weighted by Crippen LogP contribution is 2.40. The molecule has 2 rings (SSSR count). The first-order valence-electron chi connectivity index (χ1n) is 8.65. The number of hydrogen-bond acceptors (Lipinski definition) is 4. The lowest BCUT2D eigenvalue weighted by atomic mass is 9.80. The minimum atomic E-state index is -0.0731. The van der Waals surface area contributed by atoms with Crippen LogP contribution in [0, 0.1) is 0 Å². The number of methoxy groups -OCH3 is 2. The van der Waals surface area contributed by atoms with Gasteiger partial charge in [0.25, 0.3) is 0 Å². The summed E-state index contributed by atoms with van der Waals surface area (Å²) in [7, 11) is 3.20. The molecule has 0 heterocycles. The molecule has 0 aliphatic rings. The van der Waals surface area contributed by atoms with Crippen LogP contribution in [0.25, 0.3) is 0 Å². The number of phenolic OH excluding ortho intramolecular Hbond substituents is 2. The predicted molar refractivity (Wildman–Crippen MR) is 113 cm³/mol. The largest absolute Gasteiger partial charge is 0.508 e. The van der Waals surface area contributed by atoms with E-state index in [1.54, 1.807) is 44.6 Å². The van der Waals surface area contributed by atoms with E-state index in [4.69, 9.17) is 14.6 Å². The maximum atomic E-state index is 10.1. The van der Waals surface area contributed by atoms with Crippen molar-refractivity contribution in [2.45, 2.75) is 59.8 Å². The van der Waals surface area contributed by atoms with E-state index < -0.39 is 0 Å².